The molecule has 1 amide bonds. The van der Waals surface area contributed by atoms with E-state index in [2.05, 4.69) is 20.7 Å². The van der Waals surface area contributed by atoms with Crippen LogP contribution in [0.2, 0.25) is 0 Å². The van der Waals surface area contributed by atoms with E-state index in [4.69, 9.17) is 5.73 Å². The van der Waals surface area contributed by atoms with Crippen molar-refractivity contribution in [2.45, 2.75) is 23.8 Å². The highest BCUT2D eigenvalue weighted by atomic mass is 79.9. The summed E-state index contributed by atoms with van der Waals surface area (Å²) in [6, 6.07) is 1.70. The summed E-state index contributed by atoms with van der Waals surface area (Å²) in [5.41, 5.74) is 5.18. The predicted molar refractivity (Wildman–Crippen MR) is 79.5 cm³/mol. The van der Waals surface area contributed by atoms with Gasteiger partial charge in [0.1, 0.15) is 5.82 Å². The molecule has 2 rings (SSSR count). The van der Waals surface area contributed by atoms with Crippen molar-refractivity contribution >= 4 is 37.5 Å². The Morgan fingerprint density at radius 2 is 2.14 bits per heavy atom. The van der Waals surface area contributed by atoms with Gasteiger partial charge in [-0.25, -0.2) is 17.5 Å². The maximum absolute atomic E-state index is 13.3. The number of benzene rings is 1. The number of carbonyl (C=O) groups excluding carboxylic acids is 1. The second-order valence-electron chi connectivity index (χ2n) is 4.94. The van der Waals surface area contributed by atoms with Crippen molar-refractivity contribution in [2.24, 2.45) is 0 Å². The largest absolute Gasteiger partial charge is 0.396 e. The Labute approximate surface area is 130 Å². The smallest absolute Gasteiger partial charge is 0.242 e. The molecule has 0 aromatic heterocycles. The Hall–Kier alpha value is -1.19. The van der Waals surface area contributed by atoms with E-state index in [0.29, 0.717) is 13.0 Å². The van der Waals surface area contributed by atoms with E-state index in [1.807, 2.05) is 0 Å². The van der Waals surface area contributed by atoms with E-state index >= 15 is 0 Å². The summed E-state index contributed by atoms with van der Waals surface area (Å²) < 4.78 is 40.6. The maximum Gasteiger partial charge on any atom is 0.242 e. The highest BCUT2D eigenvalue weighted by molar-refractivity contribution is 9.10. The van der Waals surface area contributed by atoms with Crippen LogP contribution >= 0.6 is 15.9 Å². The number of nitrogen functional groups attached to an aromatic ring is 1. The van der Waals surface area contributed by atoms with Gasteiger partial charge in [0, 0.05) is 30.5 Å². The van der Waals surface area contributed by atoms with Gasteiger partial charge in [-0.05, 0) is 34.5 Å². The Morgan fingerprint density at radius 3 is 2.76 bits per heavy atom. The Bertz CT molecular complexity index is 681. The van der Waals surface area contributed by atoms with Crippen molar-refractivity contribution in [3.63, 3.8) is 0 Å². The second kappa shape index (κ2) is 5.90. The third kappa shape index (κ3) is 3.53. The number of likely N-dealkylation sites (tertiary alicyclic amines) is 1. The molecule has 116 valence electrons. The highest BCUT2D eigenvalue weighted by Crippen LogP contribution is 2.27. The number of halogens is 2. The molecule has 0 spiro atoms. The van der Waals surface area contributed by atoms with Crippen LogP contribution in [0.15, 0.2) is 21.5 Å². The molecular formula is C12H15BrFN3O3S. The molecule has 1 atom stereocenters. The van der Waals surface area contributed by atoms with Crippen LogP contribution < -0.4 is 10.5 Å². The molecule has 1 aliphatic rings. The van der Waals surface area contributed by atoms with Crippen LogP contribution in [0.4, 0.5) is 10.1 Å². The zero-order valence-corrected chi connectivity index (χ0v) is 13.7. The molecule has 21 heavy (non-hydrogen) atoms. The number of rotatable bonds is 3. The first-order chi connectivity index (χ1) is 9.70. The Balaban J connectivity index is 2.23. The molecule has 0 aliphatic carbocycles. The summed E-state index contributed by atoms with van der Waals surface area (Å²) in [7, 11) is -2.23. The molecule has 9 heteroatoms. The van der Waals surface area contributed by atoms with Gasteiger partial charge in [-0.1, -0.05) is 0 Å². The van der Waals surface area contributed by atoms with Gasteiger partial charge < -0.3 is 10.6 Å². The number of hydrogen-bond acceptors (Lipinski definition) is 4. The molecule has 1 saturated heterocycles. The van der Waals surface area contributed by atoms with Gasteiger partial charge in [-0.15, -0.1) is 0 Å². The second-order valence-corrected chi connectivity index (χ2v) is 7.47. The molecule has 0 saturated carbocycles. The molecule has 1 fully saturated rings. The van der Waals surface area contributed by atoms with Crippen molar-refractivity contribution in [1.29, 1.82) is 0 Å². The molecule has 1 aromatic carbocycles. The minimum atomic E-state index is -3.85. The number of sulfonamides is 1. The van der Waals surface area contributed by atoms with Crippen LogP contribution in [0.25, 0.3) is 0 Å². The summed E-state index contributed by atoms with van der Waals surface area (Å²) >= 11 is 3.02. The lowest BCUT2D eigenvalue weighted by Crippen LogP contribution is -2.48. The fourth-order valence-corrected chi connectivity index (χ4v) is 4.45. The van der Waals surface area contributed by atoms with E-state index < -0.39 is 15.8 Å². The average Bonchev–Trinajstić information content (AvgIpc) is 2.37. The standard InChI is InChI=1S/C12H15BrFN3O3S/c1-17-6-7(2-3-12(17)18)16-21(19,20)11-5-10(15)9(14)4-8(11)13/h4-5,7,16H,2-3,6,15H2,1H3. The quantitative estimate of drug-likeness (QED) is 0.768. The zero-order valence-electron chi connectivity index (χ0n) is 11.3. The van der Waals surface area contributed by atoms with E-state index in [0.717, 1.165) is 12.1 Å². The van der Waals surface area contributed by atoms with Gasteiger partial charge in [0.25, 0.3) is 0 Å². The summed E-state index contributed by atoms with van der Waals surface area (Å²) in [5, 5.41) is 0. The lowest BCUT2D eigenvalue weighted by molar-refractivity contribution is -0.132. The molecule has 1 heterocycles. The minimum Gasteiger partial charge on any atom is -0.396 e. The van der Waals surface area contributed by atoms with E-state index in [9.17, 15) is 17.6 Å². The van der Waals surface area contributed by atoms with Crippen LogP contribution in [0.1, 0.15) is 12.8 Å². The molecule has 6 nitrogen and oxygen atoms in total. The van der Waals surface area contributed by atoms with Crippen LogP contribution in [0, 0.1) is 5.82 Å². The molecule has 0 radical (unpaired) electrons. The van der Waals surface area contributed by atoms with Crippen molar-refractivity contribution in [3.05, 3.63) is 22.4 Å². The van der Waals surface area contributed by atoms with Crippen LogP contribution in [0.3, 0.4) is 0 Å². The Kier molecular flexibility index (Phi) is 4.54. The zero-order chi connectivity index (χ0) is 15.8. The average molecular weight is 380 g/mol. The van der Waals surface area contributed by atoms with Gasteiger partial charge in [-0.3, -0.25) is 4.79 Å². The SMILES string of the molecule is CN1CC(NS(=O)(=O)c2cc(N)c(F)cc2Br)CCC1=O. The van der Waals surface area contributed by atoms with Gasteiger partial charge in [0.05, 0.1) is 10.6 Å². The van der Waals surface area contributed by atoms with E-state index in [1.165, 1.54) is 4.90 Å². The molecule has 3 N–H and O–H groups in total. The number of amides is 1. The first kappa shape index (κ1) is 16.2. The van der Waals surface area contributed by atoms with Crippen molar-refractivity contribution in [3.8, 4) is 0 Å². The van der Waals surface area contributed by atoms with Gasteiger partial charge in [0.15, 0.2) is 0 Å². The lowest BCUT2D eigenvalue weighted by Gasteiger charge is -2.30. The highest BCUT2D eigenvalue weighted by Gasteiger charge is 2.28. The number of hydrogen-bond donors (Lipinski definition) is 2. The third-order valence-electron chi connectivity index (χ3n) is 3.29. The fraction of sp³-hybridized carbons (Fsp3) is 0.417. The summed E-state index contributed by atoms with van der Waals surface area (Å²) in [5.74, 6) is -0.707. The first-order valence-corrected chi connectivity index (χ1v) is 8.49. The molecule has 1 aliphatic heterocycles. The molecule has 1 unspecified atom stereocenters. The van der Waals surface area contributed by atoms with Gasteiger partial charge >= 0.3 is 0 Å². The molecule has 0 bridgehead atoms. The maximum atomic E-state index is 13.3. The normalized spacial score (nSPS) is 19.9. The lowest BCUT2D eigenvalue weighted by atomic mass is 10.1. The number of nitrogens with two attached hydrogens (primary N) is 1. The minimum absolute atomic E-state index is 0.0161. The summed E-state index contributed by atoms with van der Waals surface area (Å²) in [4.78, 5) is 12.7. The van der Waals surface area contributed by atoms with Gasteiger partial charge in [-0.2, -0.15) is 0 Å². The number of piperidine rings is 1. The Morgan fingerprint density at radius 1 is 1.48 bits per heavy atom. The van der Waals surface area contributed by atoms with Crippen molar-refractivity contribution < 1.29 is 17.6 Å². The van der Waals surface area contributed by atoms with E-state index in [-0.39, 0.29) is 33.4 Å². The first-order valence-electron chi connectivity index (χ1n) is 6.21. The predicted octanol–water partition coefficient (Wildman–Crippen LogP) is 1.07. The number of carbonyl (C=O) groups is 1. The van der Waals surface area contributed by atoms with Crippen molar-refractivity contribution in [2.75, 3.05) is 19.3 Å². The monoisotopic (exact) mass is 379 g/mol. The van der Waals surface area contributed by atoms with Gasteiger partial charge in [0.2, 0.25) is 15.9 Å². The number of nitrogens with one attached hydrogen (secondary N) is 1. The summed E-state index contributed by atoms with van der Waals surface area (Å²) in [6.45, 7) is 0.298. The molecular weight excluding hydrogens is 365 g/mol. The van der Waals surface area contributed by atoms with Crippen molar-refractivity contribution in [1.82, 2.24) is 9.62 Å². The third-order valence-corrected chi connectivity index (χ3v) is 5.77. The van der Waals surface area contributed by atoms with Crippen LogP contribution in [-0.2, 0) is 14.8 Å². The fourth-order valence-electron chi connectivity index (χ4n) is 2.14. The summed E-state index contributed by atoms with van der Waals surface area (Å²) in [6.07, 6.45) is 0.715. The topological polar surface area (TPSA) is 92.5 Å². The number of anilines is 1. The van der Waals surface area contributed by atoms with Crippen LogP contribution in [0.5, 0.6) is 0 Å². The number of likely N-dealkylation sites (N-methyl/N-ethyl adjacent to an activating group) is 1. The van der Waals surface area contributed by atoms with Crippen LogP contribution in [-0.4, -0.2) is 38.9 Å². The number of nitrogens with zero attached hydrogens (tertiary/aromatic N) is 1. The van der Waals surface area contributed by atoms with E-state index in [1.54, 1.807) is 7.05 Å². The molecule has 1 aromatic rings.